The standard InChI is InChI=1S/C21H30N2O2.C4H4O4/c24-21(25-15-18-14-23-12-10-16(18)11-13-23)22-20-9-5-4-8-19(20)17-6-2-1-3-7-17;5-3(6)1-2-4(7)8/h1-3,6-7,16,18-20H,4-5,8-15H2,(H,22,24);1-2H,(H,5,6)(H,7,8)/t18?,19-,20-;/m1./s1. The van der Waals surface area contributed by atoms with Gasteiger partial charge in [0.15, 0.2) is 0 Å². The summed E-state index contributed by atoms with van der Waals surface area (Å²) in [6.07, 6.45) is 8.07. The van der Waals surface area contributed by atoms with Gasteiger partial charge in [-0.2, -0.15) is 0 Å². The Hall–Kier alpha value is -2.87. The molecule has 1 amide bonds. The molecule has 5 rings (SSSR count). The Kier molecular flexibility index (Phi) is 9.30. The van der Waals surface area contributed by atoms with Gasteiger partial charge in [0.05, 0.1) is 6.61 Å². The van der Waals surface area contributed by atoms with E-state index in [9.17, 15) is 14.4 Å². The molecule has 8 heteroatoms. The largest absolute Gasteiger partial charge is 0.478 e. The van der Waals surface area contributed by atoms with Crippen molar-refractivity contribution in [2.45, 2.75) is 50.5 Å². The van der Waals surface area contributed by atoms with Crippen LogP contribution in [0.2, 0.25) is 0 Å². The minimum Gasteiger partial charge on any atom is -0.478 e. The number of hydrogen-bond acceptors (Lipinski definition) is 5. The Labute approximate surface area is 194 Å². The number of carboxylic acid groups (broad SMARTS) is 2. The molecule has 0 aromatic heterocycles. The van der Waals surface area contributed by atoms with Gasteiger partial charge in [-0.1, -0.05) is 43.2 Å². The normalized spacial score (nSPS) is 28.4. The maximum atomic E-state index is 12.4. The lowest BCUT2D eigenvalue weighted by atomic mass is 9.79. The molecule has 0 radical (unpaired) electrons. The summed E-state index contributed by atoms with van der Waals surface area (Å²) in [5.41, 5.74) is 1.34. The zero-order chi connectivity index (χ0) is 23.6. The fourth-order valence-corrected chi connectivity index (χ4v) is 5.20. The number of piperidine rings is 3. The highest BCUT2D eigenvalue weighted by molar-refractivity contribution is 5.89. The van der Waals surface area contributed by atoms with E-state index in [1.54, 1.807) is 0 Å². The molecule has 8 nitrogen and oxygen atoms in total. The highest BCUT2D eigenvalue weighted by Gasteiger charge is 2.35. The van der Waals surface area contributed by atoms with Gasteiger partial charge in [-0.05, 0) is 50.3 Å². The number of ether oxygens (including phenoxy) is 1. The van der Waals surface area contributed by atoms with Crippen LogP contribution in [0.15, 0.2) is 42.5 Å². The third-order valence-electron chi connectivity index (χ3n) is 6.89. The molecule has 4 fully saturated rings. The average molecular weight is 459 g/mol. The highest BCUT2D eigenvalue weighted by Crippen LogP contribution is 2.34. The van der Waals surface area contributed by atoms with Gasteiger partial charge >= 0.3 is 18.0 Å². The summed E-state index contributed by atoms with van der Waals surface area (Å²) < 4.78 is 5.64. The molecule has 3 atom stereocenters. The molecule has 2 bridgehead atoms. The van der Waals surface area contributed by atoms with E-state index in [0.29, 0.717) is 30.6 Å². The van der Waals surface area contributed by atoms with Crippen LogP contribution in [0.5, 0.6) is 0 Å². The van der Waals surface area contributed by atoms with E-state index in [1.807, 2.05) is 0 Å². The number of rotatable bonds is 6. The Morgan fingerprint density at radius 3 is 2.18 bits per heavy atom. The Balaban J connectivity index is 0.000000331. The van der Waals surface area contributed by atoms with E-state index >= 15 is 0 Å². The van der Waals surface area contributed by atoms with Gasteiger partial charge in [-0.25, -0.2) is 14.4 Å². The molecule has 1 saturated carbocycles. The molecular formula is C25H34N2O6. The Morgan fingerprint density at radius 1 is 0.970 bits per heavy atom. The topological polar surface area (TPSA) is 116 Å². The molecular weight excluding hydrogens is 424 g/mol. The van der Waals surface area contributed by atoms with Crippen LogP contribution in [0.25, 0.3) is 0 Å². The number of carbonyl (C=O) groups excluding carboxylic acids is 1. The maximum Gasteiger partial charge on any atom is 0.407 e. The molecule has 1 aromatic rings. The molecule has 1 aliphatic carbocycles. The van der Waals surface area contributed by atoms with Gasteiger partial charge in [0.1, 0.15) is 0 Å². The molecule has 180 valence electrons. The molecule has 1 aromatic carbocycles. The summed E-state index contributed by atoms with van der Waals surface area (Å²) >= 11 is 0. The van der Waals surface area contributed by atoms with Gasteiger partial charge < -0.3 is 25.2 Å². The fourth-order valence-electron chi connectivity index (χ4n) is 5.20. The second-order valence-corrected chi connectivity index (χ2v) is 9.06. The van der Waals surface area contributed by atoms with E-state index in [-0.39, 0.29) is 12.1 Å². The van der Waals surface area contributed by atoms with Crippen molar-refractivity contribution in [1.29, 1.82) is 0 Å². The molecule has 1 unspecified atom stereocenters. The van der Waals surface area contributed by atoms with Crippen molar-refractivity contribution in [3.63, 3.8) is 0 Å². The molecule has 3 aliphatic heterocycles. The highest BCUT2D eigenvalue weighted by atomic mass is 16.5. The molecule has 33 heavy (non-hydrogen) atoms. The monoisotopic (exact) mass is 458 g/mol. The minimum absolute atomic E-state index is 0.204. The van der Waals surface area contributed by atoms with Crippen LogP contribution in [0, 0.1) is 11.8 Å². The SMILES string of the molecule is O=C(N[C@@H]1CCCC[C@@H]1c1ccccc1)OCC1CN2CCC1CC2.O=C(O)C=CC(=O)O. The van der Waals surface area contributed by atoms with Crippen LogP contribution >= 0.6 is 0 Å². The smallest absolute Gasteiger partial charge is 0.407 e. The Bertz CT molecular complexity index is 803. The van der Waals surface area contributed by atoms with E-state index in [4.69, 9.17) is 14.9 Å². The number of nitrogens with one attached hydrogen (secondary N) is 1. The van der Waals surface area contributed by atoms with Crippen LogP contribution in [-0.2, 0) is 14.3 Å². The van der Waals surface area contributed by atoms with Crippen LogP contribution in [0.1, 0.15) is 50.0 Å². The van der Waals surface area contributed by atoms with Crippen LogP contribution < -0.4 is 5.32 Å². The van der Waals surface area contributed by atoms with E-state index in [0.717, 1.165) is 25.3 Å². The molecule has 3 N–H and O–H groups in total. The molecule has 4 aliphatic rings. The predicted octanol–water partition coefficient (Wildman–Crippen LogP) is 3.49. The lowest BCUT2D eigenvalue weighted by Gasteiger charge is -2.44. The van der Waals surface area contributed by atoms with Crippen molar-refractivity contribution in [2.75, 3.05) is 26.2 Å². The van der Waals surface area contributed by atoms with Gasteiger partial charge in [0.25, 0.3) is 0 Å². The van der Waals surface area contributed by atoms with Gasteiger partial charge in [0, 0.05) is 36.6 Å². The quantitative estimate of drug-likeness (QED) is 0.559. The lowest BCUT2D eigenvalue weighted by molar-refractivity contribution is -0.134. The van der Waals surface area contributed by atoms with E-state index < -0.39 is 11.9 Å². The van der Waals surface area contributed by atoms with Gasteiger partial charge in [-0.15, -0.1) is 0 Å². The zero-order valence-corrected chi connectivity index (χ0v) is 18.9. The van der Waals surface area contributed by atoms with Crippen molar-refractivity contribution >= 4 is 18.0 Å². The van der Waals surface area contributed by atoms with Crippen LogP contribution in [0.3, 0.4) is 0 Å². The van der Waals surface area contributed by atoms with Crippen molar-refractivity contribution in [3.05, 3.63) is 48.0 Å². The number of benzene rings is 1. The number of hydrogen-bond donors (Lipinski definition) is 3. The number of alkyl carbamates (subject to hydrolysis) is 1. The van der Waals surface area contributed by atoms with Crippen LogP contribution in [0.4, 0.5) is 4.79 Å². The number of nitrogens with zero attached hydrogens (tertiary/aromatic N) is 1. The van der Waals surface area contributed by atoms with Gasteiger partial charge in [0.2, 0.25) is 0 Å². The van der Waals surface area contributed by atoms with Crippen molar-refractivity contribution < 1.29 is 29.3 Å². The molecule has 3 heterocycles. The number of carbonyl (C=O) groups is 3. The fraction of sp³-hybridized carbons (Fsp3) is 0.560. The first-order chi connectivity index (χ1) is 15.9. The summed E-state index contributed by atoms with van der Waals surface area (Å²) in [7, 11) is 0. The van der Waals surface area contributed by atoms with Crippen LogP contribution in [-0.4, -0.2) is 65.4 Å². The summed E-state index contributed by atoms with van der Waals surface area (Å²) in [5.74, 6) is -0.812. The minimum atomic E-state index is -1.26. The molecule has 0 spiro atoms. The number of fused-ring (bicyclic) bond motifs is 3. The van der Waals surface area contributed by atoms with Crippen molar-refractivity contribution in [1.82, 2.24) is 10.2 Å². The first-order valence-corrected chi connectivity index (χ1v) is 11.8. The predicted molar refractivity (Wildman–Crippen MR) is 123 cm³/mol. The summed E-state index contributed by atoms with van der Waals surface area (Å²) in [6, 6.07) is 10.8. The number of aliphatic carboxylic acids is 2. The summed E-state index contributed by atoms with van der Waals surface area (Å²) in [6.45, 7) is 4.14. The third kappa shape index (κ3) is 7.89. The van der Waals surface area contributed by atoms with Crippen molar-refractivity contribution in [2.24, 2.45) is 11.8 Å². The second-order valence-electron chi connectivity index (χ2n) is 9.06. The number of carboxylic acids is 2. The van der Waals surface area contributed by atoms with E-state index in [1.165, 1.54) is 44.3 Å². The van der Waals surface area contributed by atoms with Gasteiger partial charge in [-0.3, -0.25) is 0 Å². The van der Waals surface area contributed by atoms with Crippen molar-refractivity contribution in [3.8, 4) is 0 Å². The first kappa shape index (κ1) is 24.8. The lowest BCUT2D eigenvalue weighted by Crippen LogP contribution is -2.49. The third-order valence-corrected chi connectivity index (χ3v) is 6.89. The molecule has 3 saturated heterocycles. The maximum absolute atomic E-state index is 12.4. The summed E-state index contributed by atoms with van der Waals surface area (Å²) in [5, 5.41) is 18.8. The zero-order valence-electron chi connectivity index (χ0n) is 18.9. The second kappa shape index (κ2) is 12.4. The number of amides is 1. The van der Waals surface area contributed by atoms with E-state index in [2.05, 4.69) is 40.5 Å². The summed E-state index contributed by atoms with van der Waals surface area (Å²) in [4.78, 5) is 34.0. The average Bonchev–Trinajstić information content (AvgIpc) is 2.83. The Morgan fingerprint density at radius 2 is 1.61 bits per heavy atom. The first-order valence-electron chi connectivity index (χ1n) is 11.8.